The Morgan fingerprint density at radius 2 is 1.90 bits per heavy atom. The highest BCUT2D eigenvalue weighted by molar-refractivity contribution is 7.14. The van der Waals surface area contributed by atoms with Crippen molar-refractivity contribution in [2.24, 2.45) is 11.0 Å². The number of fused-ring (bicyclic) bond motifs is 3. The number of hydrogen-bond acceptors (Lipinski definition) is 6. The highest BCUT2D eigenvalue weighted by atomic mass is 32.1. The Bertz CT molecular complexity index is 1140. The van der Waals surface area contributed by atoms with Gasteiger partial charge in [-0.2, -0.15) is 23.3 Å². The summed E-state index contributed by atoms with van der Waals surface area (Å²) in [4.78, 5) is 4.35. The summed E-state index contributed by atoms with van der Waals surface area (Å²) in [6.07, 6.45) is -4.85. The molecule has 1 aromatic heterocycles. The van der Waals surface area contributed by atoms with Gasteiger partial charge in [0.1, 0.15) is 5.75 Å². The summed E-state index contributed by atoms with van der Waals surface area (Å²) >= 11 is 1.01. The van der Waals surface area contributed by atoms with Crippen LogP contribution in [-0.2, 0) is 6.42 Å². The third-order valence-corrected chi connectivity index (χ3v) is 6.36. The van der Waals surface area contributed by atoms with Crippen molar-refractivity contribution in [3.63, 3.8) is 0 Å². The number of ether oxygens (including phenoxy) is 1. The first-order chi connectivity index (χ1) is 14.3. The van der Waals surface area contributed by atoms with Crippen LogP contribution in [0.2, 0.25) is 0 Å². The number of halogens is 3. The van der Waals surface area contributed by atoms with Gasteiger partial charge in [0.05, 0.1) is 24.4 Å². The van der Waals surface area contributed by atoms with Gasteiger partial charge in [-0.3, -0.25) is 0 Å². The third-order valence-electron chi connectivity index (χ3n) is 5.54. The van der Waals surface area contributed by atoms with E-state index in [0.29, 0.717) is 22.0 Å². The van der Waals surface area contributed by atoms with Gasteiger partial charge in [0.25, 0.3) is 5.72 Å². The highest BCUT2D eigenvalue weighted by Gasteiger charge is 2.69. The molecule has 2 aromatic carbocycles. The van der Waals surface area contributed by atoms with Crippen molar-refractivity contribution in [2.75, 3.05) is 12.1 Å². The van der Waals surface area contributed by atoms with E-state index in [1.165, 1.54) is 0 Å². The third kappa shape index (κ3) is 2.65. The number of benzene rings is 2. The Labute approximate surface area is 174 Å². The zero-order chi connectivity index (χ0) is 21.1. The second-order valence-electron chi connectivity index (χ2n) is 7.18. The predicted molar refractivity (Wildman–Crippen MR) is 108 cm³/mol. The summed E-state index contributed by atoms with van der Waals surface area (Å²) in [6.45, 7) is 0. The van der Waals surface area contributed by atoms with E-state index in [1.807, 2.05) is 0 Å². The van der Waals surface area contributed by atoms with Crippen LogP contribution < -0.4 is 9.75 Å². The summed E-state index contributed by atoms with van der Waals surface area (Å²) in [5.41, 5.74) is -0.296. The predicted octanol–water partition coefficient (Wildman–Crippen LogP) is 4.47. The molecule has 1 aliphatic carbocycles. The number of methoxy groups -OCH3 is 1. The van der Waals surface area contributed by atoms with Gasteiger partial charge >= 0.3 is 6.18 Å². The average molecular weight is 431 g/mol. The number of aliphatic hydroxyl groups is 1. The summed E-state index contributed by atoms with van der Waals surface area (Å²) in [5.74, 6) is -0.540. The molecular weight excluding hydrogens is 415 g/mol. The topological polar surface area (TPSA) is 58.0 Å². The van der Waals surface area contributed by atoms with E-state index in [-0.39, 0.29) is 17.3 Å². The van der Waals surface area contributed by atoms with Crippen molar-refractivity contribution in [1.82, 2.24) is 4.98 Å². The number of thiazole rings is 1. The van der Waals surface area contributed by atoms with Gasteiger partial charge in [-0.15, -0.1) is 11.3 Å². The quantitative estimate of drug-likeness (QED) is 0.665. The average Bonchev–Trinajstić information content (AvgIpc) is 3.42. The minimum atomic E-state index is -4.92. The number of nitrogens with zero attached hydrogens (tertiary/aromatic N) is 3. The maximum atomic E-state index is 14.2. The molecule has 2 atom stereocenters. The highest BCUT2D eigenvalue weighted by Crippen LogP contribution is 2.51. The van der Waals surface area contributed by atoms with Crippen molar-refractivity contribution in [2.45, 2.75) is 18.3 Å². The molecule has 3 aromatic rings. The molecule has 1 aliphatic heterocycles. The Morgan fingerprint density at radius 1 is 1.17 bits per heavy atom. The lowest BCUT2D eigenvalue weighted by Crippen LogP contribution is -2.60. The van der Waals surface area contributed by atoms with Crippen LogP contribution in [0.4, 0.5) is 18.3 Å². The molecule has 1 N–H and O–H groups in total. The molecule has 0 spiro atoms. The maximum absolute atomic E-state index is 14.2. The summed E-state index contributed by atoms with van der Waals surface area (Å²) in [6, 6.07) is 14.1. The first-order valence-electron chi connectivity index (χ1n) is 9.19. The Hall–Kier alpha value is -2.91. The van der Waals surface area contributed by atoms with Crippen molar-refractivity contribution in [1.29, 1.82) is 0 Å². The monoisotopic (exact) mass is 431 g/mol. The molecule has 0 fully saturated rings. The van der Waals surface area contributed by atoms with E-state index in [1.54, 1.807) is 61.0 Å². The molecule has 0 saturated carbocycles. The smallest absolute Gasteiger partial charge is 0.439 e. The second-order valence-corrected chi connectivity index (χ2v) is 8.02. The molecule has 9 heteroatoms. The Morgan fingerprint density at radius 3 is 2.60 bits per heavy atom. The molecular formula is C21H16F3N3O2S. The van der Waals surface area contributed by atoms with Crippen LogP contribution in [-0.4, -0.2) is 34.8 Å². The molecule has 0 saturated heterocycles. The van der Waals surface area contributed by atoms with E-state index in [0.717, 1.165) is 22.5 Å². The minimum Gasteiger partial charge on any atom is -0.497 e. The Kier molecular flexibility index (Phi) is 4.16. The number of aromatic nitrogens is 1. The van der Waals surface area contributed by atoms with Crippen LogP contribution in [0.15, 0.2) is 59.0 Å². The fourth-order valence-corrected chi connectivity index (χ4v) is 4.84. The van der Waals surface area contributed by atoms with E-state index in [2.05, 4.69) is 10.1 Å². The number of alkyl halides is 3. The minimum absolute atomic E-state index is 0.0139. The van der Waals surface area contributed by atoms with Crippen LogP contribution in [0.3, 0.4) is 0 Å². The largest absolute Gasteiger partial charge is 0.497 e. The SMILES string of the molecule is COc1ccc(-c2csc(N3N=C4c5ccccc5C[C@@H]4[C@@]3(O)C(F)(F)F)n2)cc1. The maximum Gasteiger partial charge on any atom is 0.439 e. The van der Waals surface area contributed by atoms with E-state index < -0.39 is 17.8 Å². The molecule has 0 unspecified atom stereocenters. The zero-order valence-corrected chi connectivity index (χ0v) is 16.5. The first kappa shape index (κ1) is 19.1. The molecule has 154 valence electrons. The lowest BCUT2D eigenvalue weighted by atomic mass is 9.91. The molecule has 2 heterocycles. The summed E-state index contributed by atoms with van der Waals surface area (Å²) < 4.78 is 47.6. The van der Waals surface area contributed by atoms with Gasteiger partial charge in [-0.1, -0.05) is 24.3 Å². The molecule has 2 aliphatic rings. The fraction of sp³-hybridized carbons (Fsp3) is 0.238. The summed E-state index contributed by atoms with van der Waals surface area (Å²) in [5, 5.41) is 17.5. The van der Waals surface area contributed by atoms with Crippen molar-refractivity contribution >= 4 is 22.2 Å². The van der Waals surface area contributed by atoms with Gasteiger partial charge in [0, 0.05) is 16.5 Å². The second kappa shape index (κ2) is 6.55. The lowest BCUT2D eigenvalue weighted by molar-refractivity contribution is -0.267. The molecule has 0 amide bonds. The van der Waals surface area contributed by atoms with Crippen molar-refractivity contribution < 1.29 is 23.0 Å². The molecule has 0 radical (unpaired) electrons. The molecule has 0 bridgehead atoms. The molecule has 5 nitrogen and oxygen atoms in total. The summed E-state index contributed by atoms with van der Waals surface area (Å²) in [7, 11) is 1.55. The number of hydrogen-bond donors (Lipinski definition) is 1. The standard InChI is InChI=1S/C21H16F3N3O2S/c1-29-14-8-6-12(7-9-14)17-11-30-19(25-17)27-20(28,21(22,23)24)16-10-13-4-2-3-5-15(13)18(16)26-27/h2-9,11,16,28H,10H2,1H3/t16-,20+/m0/s1. The van der Waals surface area contributed by atoms with Gasteiger partial charge in [-0.25, -0.2) is 4.98 Å². The van der Waals surface area contributed by atoms with E-state index in [4.69, 9.17) is 4.74 Å². The van der Waals surface area contributed by atoms with Crippen molar-refractivity contribution in [3.05, 3.63) is 65.0 Å². The molecule has 5 rings (SSSR count). The Balaban J connectivity index is 1.57. The van der Waals surface area contributed by atoms with Crippen LogP contribution in [0, 0.1) is 5.92 Å². The van der Waals surface area contributed by atoms with Crippen LogP contribution in [0.25, 0.3) is 11.3 Å². The van der Waals surface area contributed by atoms with Gasteiger partial charge in [-0.05, 0) is 36.2 Å². The molecule has 30 heavy (non-hydrogen) atoms. The van der Waals surface area contributed by atoms with Gasteiger partial charge in [0.15, 0.2) is 0 Å². The normalized spacial score (nSPS) is 22.6. The van der Waals surface area contributed by atoms with Crippen LogP contribution in [0.1, 0.15) is 11.1 Å². The lowest BCUT2D eigenvalue weighted by Gasteiger charge is -2.36. The number of hydrazone groups is 1. The zero-order valence-electron chi connectivity index (χ0n) is 15.7. The first-order valence-corrected chi connectivity index (χ1v) is 10.1. The van der Waals surface area contributed by atoms with Crippen LogP contribution >= 0.6 is 11.3 Å². The van der Waals surface area contributed by atoms with Crippen LogP contribution in [0.5, 0.6) is 5.75 Å². The van der Waals surface area contributed by atoms with E-state index in [9.17, 15) is 18.3 Å². The van der Waals surface area contributed by atoms with E-state index >= 15 is 0 Å². The van der Waals surface area contributed by atoms with Gasteiger partial charge < -0.3 is 9.84 Å². The van der Waals surface area contributed by atoms with Crippen molar-refractivity contribution in [3.8, 4) is 17.0 Å². The number of rotatable bonds is 3. The number of anilines is 1. The van der Waals surface area contributed by atoms with Gasteiger partial charge in [0.2, 0.25) is 5.13 Å². The fourth-order valence-electron chi connectivity index (χ4n) is 4.00.